The standard InChI is InChI=1S/C14H17Cl2NO2/c1-9(18)10-3-2-4-17(8-10)14(19)11-5-12(15)7-13(16)6-11/h5-7,9-10,18H,2-4,8H2,1H3. The first kappa shape index (κ1) is 14.6. The Labute approximate surface area is 123 Å². The van der Waals surface area contributed by atoms with E-state index in [9.17, 15) is 9.90 Å². The normalized spacial score (nSPS) is 21.3. The molecule has 1 fully saturated rings. The Balaban J connectivity index is 2.14. The lowest BCUT2D eigenvalue weighted by atomic mass is 9.93. The minimum atomic E-state index is -0.390. The molecule has 1 aliphatic heterocycles. The van der Waals surface area contributed by atoms with Crippen molar-refractivity contribution in [2.75, 3.05) is 13.1 Å². The van der Waals surface area contributed by atoms with Crippen molar-refractivity contribution in [3.63, 3.8) is 0 Å². The van der Waals surface area contributed by atoms with E-state index in [1.807, 2.05) is 0 Å². The van der Waals surface area contributed by atoms with Crippen molar-refractivity contribution < 1.29 is 9.90 Å². The molecule has 5 heteroatoms. The fourth-order valence-corrected chi connectivity index (χ4v) is 2.97. The highest BCUT2D eigenvalue weighted by Gasteiger charge is 2.27. The molecule has 104 valence electrons. The largest absolute Gasteiger partial charge is 0.393 e. The molecular weight excluding hydrogens is 285 g/mol. The first-order valence-corrected chi connectivity index (χ1v) is 7.16. The van der Waals surface area contributed by atoms with Crippen LogP contribution in [0.15, 0.2) is 18.2 Å². The number of halogens is 2. The molecule has 0 aromatic heterocycles. The van der Waals surface area contributed by atoms with Gasteiger partial charge in [0.05, 0.1) is 6.10 Å². The lowest BCUT2D eigenvalue weighted by Crippen LogP contribution is -2.42. The Kier molecular flexibility index (Phi) is 4.71. The number of aliphatic hydroxyl groups is 1. The Morgan fingerprint density at radius 1 is 1.37 bits per heavy atom. The number of benzene rings is 1. The van der Waals surface area contributed by atoms with Crippen LogP contribution < -0.4 is 0 Å². The smallest absolute Gasteiger partial charge is 0.253 e. The maximum absolute atomic E-state index is 12.4. The number of piperidine rings is 1. The predicted molar refractivity (Wildman–Crippen MR) is 76.8 cm³/mol. The number of nitrogens with zero attached hydrogens (tertiary/aromatic N) is 1. The van der Waals surface area contributed by atoms with Gasteiger partial charge in [-0.1, -0.05) is 23.2 Å². The molecule has 0 aliphatic carbocycles. The molecule has 1 aromatic rings. The average molecular weight is 302 g/mol. The van der Waals surface area contributed by atoms with Crippen molar-refractivity contribution >= 4 is 29.1 Å². The quantitative estimate of drug-likeness (QED) is 0.911. The Morgan fingerprint density at radius 2 is 2.00 bits per heavy atom. The van der Waals surface area contributed by atoms with Gasteiger partial charge >= 0.3 is 0 Å². The molecule has 0 radical (unpaired) electrons. The van der Waals surface area contributed by atoms with Gasteiger partial charge in [-0.3, -0.25) is 4.79 Å². The summed E-state index contributed by atoms with van der Waals surface area (Å²) in [5.41, 5.74) is 0.503. The molecule has 19 heavy (non-hydrogen) atoms. The van der Waals surface area contributed by atoms with Crippen LogP contribution in [0.25, 0.3) is 0 Å². The summed E-state index contributed by atoms with van der Waals surface area (Å²) in [6.07, 6.45) is 1.48. The molecule has 1 N–H and O–H groups in total. The van der Waals surface area contributed by atoms with E-state index in [0.717, 1.165) is 12.8 Å². The fraction of sp³-hybridized carbons (Fsp3) is 0.500. The van der Waals surface area contributed by atoms with Gasteiger partial charge in [0, 0.05) is 34.6 Å². The van der Waals surface area contributed by atoms with Crippen LogP contribution in [0, 0.1) is 5.92 Å². The highest BCUT2D eigenvalue weighted by molar-refractivity contribution is 6.35. The summed E-state index contributed by atoms with van der Waals surface area (Å²) in [6.45, 7) is 3.07. The molecule has 0 spiro atoms. The number of amides is 1. The van der Waals surface area contributed by atoms with Gasteiger partial charge in [0.1, 0.15) is 0 Å². The summed E-state index contributed by atoms with van der Waals surface area (Å²) in [5, 5.41) is 10.6. The first-order chi connectivity index (χ1) is 8.97. The van der Waals surface area contributed by atoms with Crippen LogP contribution in [0.5, 0.6) is 0 Å². The van der Waals surface area contributed by atoms with E-state index >= 15 is 0 Å². The van der Waals surface area contributed by atoms with Gasteiger partial charge in [0.2, 0.25) is 0 Å². The zero-order valence-corrected chi connectivity index (χ0v) is 12.3. The third-order valence-corrected chi connectivity index (χ3v) is 3.97. The summed E-state index contributed by atoms with van der Waals surface area (Å²) in [6, 6.07) is 4.86. The number of likely N-dealkylation sites (tertiary alicyclic amines) is 1. The van der Waals surface area contributed by atoms with E-state index in [1.165, 1.54) is 0 Å². The third-order valence-electron chi connectivity index (χ3n) is 3.54. The minimum absolute atomic E-state index is 0.0743. The molecule has 0 saturated carbocycles. The van der Waals surface area contributed by atoms with E-state index in [1.54, 1.807) is 30.0 Å². The highest BCUT2D eigenvalue weighted by atomic mass is 35.5. The van der Waals surface area contributed by atoms with Crippen molar-refractivity contribution in [3.05, 3.63) is 33.8 Å². The van der Waals surface area contributed by atoms with E-state index in [0.29, 0.717) is 28.7 Å². The summed E-state index contributed by atoms with van der Waals surface area (Å²) in [7, 11) is 0. The molecule has 1 aliphatic rings. The van der Waals surface area contributed by atoms with Gasteiger partial charge in [-0.25, -0.2) is 0 Å². The number of rotatable bonds is 2. The maximum atomic E-state index is 12.4. The molecule has 1 heterocycles. The van der Waals surface area contributed by atoms with Crippen LogP contribution in [-0.4, -0.2) is 35.1 Å². The molecule has 0 bridgehead atoms. The number of carbonyl (C=O) groups is 1. The van der Waals surface area contributed by atoms with Gasteiger partial charge < -0.3 is 10.0 Å². The maximum Gasteiger partial charge on any atom is 0.253 e. The summed E-state index contributed by atoms with van der Waals surface area (Å²) in [4.78, 5) is 14.2. The SMILES string of the molecule is CC(O)C1CCCN(C(=O)c2cc(Cl)cc(Cl)c2)C1. The van der Waals surface area contributed by atoms with Crippen molar-refractivity contribution in [1.82, 2.24) is 4.90 Å². The van der Waals surface area contributed by atoms with Crippen LogP contribution in [0.3, 0.4) is 0 Å². The Morgan fingerprint density at radius 3 is 2.58 bits per heavy atom. The molecule has 1 amide bonds. The van der Waals surface area contributed by atoms with E-state index in [4.69, 9.17) is 23.2 Å². The second-order valence-corrected chi connectivity index (χ2v) is 5.93. The zero-order valence-electron chi connectivity index (χ0n) is 10.8. The van der Waals surface area contributed by atoms with Crippen LogP contribution >= 0.6 is 23.2 Å². The lowest BCUT2D eigenvalue weighted by Gasteiger charge is -2.34. The number of carbonyl (C=O) groups excluding carboxylic acids is 1. The topological polar surface area (TPSA) is 40.5 Å². The molecule has 2 atom stereocenters. The highest BCUT2D eigenvalue weighted by Crippen LogP contribution is 2.24. The molecule has 1 saturated heterocycles. The average Bonchev–Trinajstić information content (AvgIpc) is 2.37. The number of hydrogen-bond acceptors (Lipinski definition) is 2. The Hall–Kier alpha value is -0.770. The minimum Gasteiger partial charge on any atom is -0.393 e. The van der Waals surface area contributed by atoms with Gasteiger partial charge in [-0.2, -0.15) is 0 Å². The summed E-state index contributed by atoms with van der Waals surface area (Å²) in [5.74, 6) is 0.0714. The number of aliphatic hydroxyl groups excluding tert-OH is 1. The van der Waals surface area contributed by atoms with E-state index in [-0.39, 0.29) is 11.8 Å². The molecular formula is C14H17Cl2NO2. The summed E-state index contributed by atoms with van der Waals surface area (Å²) < 4.78 is 0. The Bertz CT molecular complexity index is 456. The molecule has 1 aromatic carbocycles. The van der Waals surface area contributed by atoms with E-state index in [2.05, 4.69) is 0 Å². The number of hydrogen-bond donors (Lipinski definition) is 1. The lowest BCUT2D eigenvalue weighted by molar-refractivity contribution is 0.0466. The van der Waals surface area contributed by atoms with Gasteiger partial charge in [-0.15, -0.1) is 0 Å². The zero-order chi connectivity index (χ0) is 14.0. The third kappa shape index (κ3) is 3.62. The van der Waals surface area contributed by atoms with Gasteiger partial charge in [0.15, 0.2) is 0 Å². The van der Waals surface area contributed by atoms with Crippen molar-refractivity contribution in [2.24, 2.45) is 5.92 Å². The summed E-state index contributed by atoms with van der Waals surface area (Å²) >= 11 is 11.8. The molecule has 2 unspecified atom stereocenters. The van der Waals surface area contributed by atoms with Crippen molar-refractivity contribution in [2.45, 2.75) is 25.9 Å². The van der Waals surface area contributed by atoms with Crippen LogP contribution in [0.2, 0.25) is 10.0 Å². The van der Waals surface area contributed by atoms with Crippen molar-refractivity contribution in [3.8, 4) is 0 Å². The van der Waals surface area contributed by atoms with Crippen LogP contribution in [0.1, 0.15) is 30.1 Å². The second kappa shape index (κ2) is 6.12. The van der Waals surface area contributed by atoms with Crippen molar-refractivity contribution in [1.29, 1.82) is 0 Å². The van der Waals surface area contributed by atoms with E-state index < -0.39 is 6.10 Å². The fourth-order valence-electron chi connectivity index (χ4n) is 2.45. The molecule has 3 nitrogen and oxygen atoms in total. The first-order valence-electron chi connectivity index (χ1n) is 6.41. The van der Waals surface area contributed by atoms with Crippen LogP contribution in [-0.2, 0) is 0 Å². The predicted octanol–water partition coefficient (Wildman–Crippen LogP) is 3.23. The van der Waals surface area contributed by atoms with Gasteiger partial charge in [-0.05, 0) is 38.0 Å². The molecule has 2 rings (SSSR count). The monoisotopic (exact) mass is 301 g/mol. The van der Waals surface area contributed by atoms with Crippen LogP contribution in [0.4, 0.5) is 0 Å². The van der Waals surface area contributed by atoms with Gasteiger partial charge in [0.25, 0.3) is 5.91 Å². The second-order valence-electron chi connectivity index (χ2n) is 5.05.